The summed E-state index contributed by atoms with van der Waals surface area (Å²) >= 11 is 0. The van der Waals surface area contributed by atoms with E-state index in [1.807, 2.05) is 20.8 Å². The van der Waals surface area contributed by atoms with E-state index >= 15 is 0 Å². The number of carboxylic acid groups (broad SMARTS) is 1. The zero-order valence-electron chi connectivity index (χ0n) is 11.5. The van der Waals surface area contributed by atoms with E-state index in [0.29, 0.717) is 12.4 Å². The van der Waals surface area contributed by atoms with Crippen LogP contribution in [-0.4, -0.2) is 37.9 Å². The number of aliphatic carboxylic acids is 1. The number of aromatic nitrogens is 4. The maximum absolute atomic E-state index is 11.1. The summed E-state index contributed by atoms with van der Waals surface area (Å²) in [6.07, 6.45) is 1.74. The van der Waals surface area contributed by atoms with Crippen molar-refractivity contribution in [2.75, 3.05) is 6.61 Å². The average molecular weight is 268 g/mol. The zero-order valence-corrected chi connectivity index (χ0v) is 11.5. The van der Waals surface area contributed by atoms with Gasteiger partial charge in [-0.25, -0.2) is 4.68 Å². The van der Waals surface area contributed by atoms with Crippen LogP contribution in [0.3, 0.4) is 0 Å². The Hall–Kier alpha value is -1.50. The summed E-state index contributed by atoms with van der Waals surface area (Å²) in [5, 5.41) is 20.8. The van der Waals surface area contributed by atoms with E-state index in [-0.39, 0.29) is 24.0 Å². The van der Waals surface area contributed by atoms with Gasteiger partial charge < -0.3 is 9.84 Å². The van der Waals surface area contributed by atoms with Crippen molar-refractivity contribution in [3.05, 3.63) is 5.82 Å². The third-order valence-electron chi connectivity index (χ3n) is 3.40. The van der Waals surface area contributed by atoms with Crippen molar-refractivity contribution in [3.63, 3.8) is 0 Å². The maximum atomic E-state index is 11.1. The molecule has 1 fully saturated rings. The van der Waals surface area contributed by atoms with Gasteiger partial charge in [0.25, 0.3) is 0 Å². The summed E-state index contributed by atoms with van der Waals surface area (Å²) in [7, 11) is 0. The molecule has 0 aromatic carbocycles. The van der Waals surface area contributed by atoms with E-state index in [1.165, 1.54) is 0 Å². The standard InChI is InChI=1S/C12H20N4O3/c1-12(2,3)9(7-10(17)18)16-11(13-14-15-16)8-5-4-6-19-8/h8-9H,4-7H2,1-3H3,(H,17,18). The molecule has 0 amide bonds. The number of carbonyl (C=O) groups is 1. The molecule has 0 spiro atoms. The first-order chi connectivity index (χ1) is 8.89. The zero-order chi connectivity index (χ0) is 14.0. The molecule has 7 nitrogen and oxygen atoms in total. The predicted molar refractivity (Wildman–Crippen MR) is 66.5 cm³/mol. The molecule has 0 aliphatic carbocycles. The average Bonchev–Trinajstić information content (AvgIpc) is 2.94. The van der Waals surface area contributed by atoms with E-state index < -0.39 is 5.97 Å². The monoisotopic (exact) mass is 268 g/mol. The van der Waals surface area contributed by atoms with Gasteiger partial charge in [-0.2, -0.15) is 0 Å². The van der Waals surface area contributed by atoms with Gasteiger partial charge in [0.05, 0.1) is 12.5 Å². The van der Waals surface area contributed by atoms with Crippen molar-refractivity contribution in [1.82, 2.24) is 20.2 Å². The second-order valence-corrected chi connectivity index (χ2v) is 5.96. The number of hydrogen-bond donors (Lipinski definition) is 1. The third kappa shape index (κ3) is 3.09. The van der Waals surface area contributed by atoms with E-state index in [0.717, 1.165) is 12.8 Å². The Labute approximate surface area is 111 Å². The van der Waals surface area contributed by atoms with Crippen LogP contribution in [0.2, 0.25) is 0 Å². The fourth-order valence-corrected chi connectivity index (χ4v) is 2.34. The van der Waals surface area contributed by atoms with Gasteiger partial charge in [0.1, 0.15) is 6.10 Å². The Balaban J connectivity index is 2.31. The van der Waals surface area contributed by atoms with E-state index in [9.17, 15) is 4.79 Å². The van der Waals surface area contributed by atoms with Crippen molar-refractivity contribution < 1.29 is 14.6 Å². The Kier molecular flexibility index (Phi) is 3.84. The predicted octanol–water partition coefficient (Wildman–Crippen LogP) is 1.59. The smallest absolute Gasteiger partial charge is 0.305 e. The molecule has 19 heavy (non-hydrogen) atoms. The molecule has 2 unspecified atom stereocenters. The van der Waals surface area contributed by atoms with Crippen LogP contribution in [0.25, 0.3) is 0 Å². The highest BCUT2D eigenvalue weighted by Crippen LogP contribution is 2.36. The molecule has 2 rings (SSSR count). The number of ether oxygens (including phenoxy) is 1. The molecule has 0 radical (unpaired) electrons. The van der Waals surface area contributed by atoms with Crippen molar-refractivity contribution in [2.45, 2.75) is 52.2 Å². The van der Waals surface area contributed by atoms with Crippen LogP contribution in [0.5, 0.6) is 0 Å². The van der Waals surface area contributed by atoms with Crippen molar-refractivity contribution in [2.24, 2.45) is 5.41 Å². The molecule has 1 aliphatic heterocycles. The minimum atomic E-state index is -0.853. The van der Waals surface area contributed by atoms with Crippen molar-refractivity contribution in [1.29, 1.82) is 0 Å². The number of tetrazole rings is 1. The topological polar surface area (TPSA) is 90.1 Å². The number of nitrogens with zero attached hydrogens (tertiary/aromatic N) is 4. The maximum Gasteiger partial charge on any atom is 0.305 e. The molecule has 0 saturated carbocycles. The number of carboxylic acids is 1. The van der Waals surface area contributed by atoms with Gasteiger partial charge in [-0.3, -0.25) is 4.79 Å². The Morgan fingerprint density at radius 2 is 2.32 bits per heavy atom. The first-order valence-corrected chi connectivity index (χ1v) is 6.50. The highest BCUT2D eigenvalue weighted by Gasteiger charge is 2.34. The second kappa shape index (κ2) is 5.24. The highest BCUT2D eigenvalue weighted by atomic mass is 16.5. The fourth-order valence-electron chi connectivity index (χ4n) is 2.34. The molecule has 0 bridgehead atoms. The molecule has 1 saturated heterocycles. The minimum absolute atomic E-state index is 0.00569. The van der Waals surface area contributed by atoms with Crippen LogP contribution in [0, 0.1) is 5.41 Å². The third-order valence-corrected chi connectivity index (χ3v) is 3.40. The lowest BCUT2D eigenvalue weighted by molar-refractivity contribution is -0.139. The van der Waals surface area contributed by atoms with Gasteiger partial charge >= 0.3 is 5.97 Å². The lowest BCUT2D eigenvalue weighted by Gasteiger charge is -2.30. The summed E-state index contributed by atoms with van der Waals surface area (Å²) in [6.45, 7) is 6.67. The van der Waals surface area contributed by atoms with E-state index in [4.69, 9.17) is 9.84 Å². The summed E-state index contributed by atoms with van der Waals surface area (Å²) in [5.74, 6) is -0.215. The number of rotatable bonds is 4. The molecular weight excluding hydrogens is 248 g/mol. The summed E-state index contributed by atoms with van der Waals surface area (Å²) in [6, 6.07) is -0.292. The molecule has 1 aliphatic rings. The molecule has 1 aromatic rings. The Morgan fingerprint density at radius 3 is 2.84 bits per heavy atom. The molecule has 2 heterocycles. The molecule has 2 atom stereocenters. The lowest BCUT2D eigenvalue weighted by Crippen LogP contribution is -2.30. The van der Waals surface area contributed by atoms with Crippen LogP contribution in [0.15, 0.2) is 0 Å². The van der Waals surface area contributed by atoms with E-state index in [1.54, 1.807) is 4.68 Å². The second-order valence-electron chi connectivity index (χ2n) is 5.96. The Bertz CT molecular complexity index is 446. The summed E-state index contributed by atoms with van der Waals surface area (Å²) in [5.41, 5.74) is -0.249. The van der Waals surface area contributed by atoms with Crippen LogP contribution in [-0.2, 0) is 9.53 Å². The first-order valence-electron chi connectivity index (χ1n) is 6.50. The molecule has 106 valence electrons. The van der Waals surface area contributed by atoms with Crippen molar-refractivity contribution >= 4 is 5.97 Å². The van der Waals surface area contributed by atoms with Gasteiger partial charge in [-0.1, -0.05) is 20.8 Å². The Morgan fingerprint density at radius 1 is 1.58 bits per heavy atom. The molecule has 1 aromatic heterocycles. The van der Waals surface area contributed by atoms with Gasteiger partial charge in [0, 0.05) is 6.61 Å². The SMILES string of the molecule is CC(C)(C)C(CC(=O)O)n1nnnc1C1CCCO1. The van der Waals surface area contributed by atoms with Gasteiger partial charge in [0.2, 0.25) is 0 Å². The van der Waals surface area contributed by atoms with Crippen LogP contribution >= 0.6 is 0 Å². The lowest BCUT2D eigenvalue weighted by atomic mass is 9.84. The van der Waals surface area contributed by atoms with E-state index in [2.05, 4.69) is 15.5 Å². The number of hydrogen-bond acceptors (Lipinski definition) is 5. The normalized spacial score (nSPS) is 21.5. The van der Waals surface area contributed by atoms with Crippen LogP contribution in [0.4, 0.5) is 0 Å². The molecule has 7 heteroatoms. The van der Waals surface area contributed by atoms with Crippen LogP contribution < -0.4 is 0 Å². The molecular formula is C12H20N4O3. The largest absolute Gasteiger partial charge is 0.481 e. The van der Waals surface area contributed by atoms with Crippen LogP contribution in [0.1, 0.15) is 58.0 Å². The van der Waals surface area contributed by atoms with Gasteiger partial charge in [0.15, 0.2) is 5.82 Å². The van der Waals surface area contributed by atoms with Crippen molar-refractivity contribution in [3.8, 4) is 0 Å². The quantitative estimate of drug-likeness (QED) is 0.891. The fraction of sp³-hybridized carbons (Fsp3) is 0.833. The summed E-state index contributed by atoms with van der Waals surface area (Å²) in [4.78, 5) is 11.1. The molecule has 1 N–H and O–H groups in total. The summed E-state index contributed by atoms with van der Waals surface area (Å²) < 4.78 is 7.22. The highest BCUT2D eigenvalue weighted by molar-refractivity contribution is 5.67. The van der Waals surface area contributed by atoms with Gasteiger partial charge in [-0.05, 0) is 28.7 Å². The first kappa shape index (κ1) is 13.9. The van der Waals surface area contributed by atoms with Gasteiger partial charge in [-0.15, -0.1) is 5.10 Å². The minimum Gasteiger partial charge on any atom is -0.481 e.